The molecule has 3 aromatic rings. The van der Waals surface area contributed by atoms with Gasteiger partial charge >= 0.3 is 0 Å². The number of furan rings is 1. The van der Waals surface area contributed by atoms with E-state index in [1.54, 1.807) is 18.3 Å². The number of hydrogen-bond donors (Lipinski definition) is 2. The molecule has 0 aliphatic carbocycles. The maximum atomic E-state index is 12.4. The summed E-state index contributed by atoms with van der Waals surface area (Å²) in [7, 11) is 0. The van der Waals surface area contributed by atoms with Crippen LogP contribution in [-0.4, -0.2) is 22.6 Å². The monoisotopic (exact) mass is 282 g/mol. The minimum atomic E-state index is -0.577. The predicted octanol–water partition coefficient (Wildman–Crippen LogP) is 2.29. The number of benzene rings is 1. The highest BCUT2D eigenvalue weighted by Gasteiger charge is 2.18. The van der Waals surface area contributed by atoms with Gasteiger partial charge in [-0.2, -0.15) is 0 Å². The Hall–Kier alpha value is -2.66. The number of rotatable bonds is 4. The van der Waals surface area contributed by atoms with Crippen LogP contribution in [0.5, 0.6) is 0 Å². The minimum absolute atomic E-state index is 0.239. The number of nitrogens with zero attached hydrogens (tertiary/aromatic N) is 1. The van der Waals surface area contributed by atoms with E-state index in [-0.39, 0.29) is 12.5 Å². The van der Waals surface area contributed by atoms with Gasteiger partial charge in [-0.1, -0.05) is 24.3 Å². The van der Waals surface area contributed by atoms with E-state index in [1.807, 2.05) is 24.3 Å². The van der Waals surface area contributed by atoms with E-state index in [9.17, 15) is 9.90 Å². The lowest BCUT2D eigenvalue weighted by atomic mass is 10.1. The van der Waals surface area contributed by atoms with Gasteiger partial charge in [-0.25, -0.2) is 0 Å². The van der Waals surface area contributed by atoms with Crippen molar-refractivity contribution >= 4 is 16.7 Å². The Kier molecular flexibility index (Phi) is 3.66. The second-order valence-corrected chi connectivity index (χ2v) is 4.63. The molecule has 3 rings (SSSR count). The van der Waals surface area contributed by atoms with Gasteiger partial charge in [0.2, 0.25) is 0 Å². The van der Waals surface area contributed by atoms with E-state index >= 15 is 0 Å². The molecule has 0 fully saturated rings. The molecule has 106 valence electrons. The molecule has 21 heavy (non-hydrogen) atoms. The lowest BCUT2D eigenvalue weighted by Gasteiger charge is -2.14. The predicted molar refractivity (Wildman–Crippen MR) is 77.7 cm³/mol. The third-order valence-corrected chi connectivity index (χ3v) is 3.29. The number of hydrogen-bond acceptors (Lipinski definition) is 4. The van der Waals surface area contributed by atoms with Crippen LogP contribution in [0.1, 0.15) is 22.2 Å². The zero-order chi connectivity index (χ0) is 14.7. The van der Waals surface area contributed by atoms with Crippen LogP contribution in [0.3, 0.4) is 0 Å². The topological polar surface area (TPSA) is 75.4 Å². The molecule has 0 bridgehead atoms. The Morgan fingerprint density at radius 3 is 2.86 bits per heavy atom. The molecule has 0 saturated carbocycles. The average Bonchev–Trinajstić information content (AvgIpc) is 3.06. The molecule has 0 radical (unpaired) electrons. The van der Waals surface area contributed by atoms with Gasteiger partial charge in [0.1, 0.15) is 11.8 Å². The van der Waals surface area contributed by atoms with Crippen molar-refractivity contribution in [3.63, 3.8) is 0 Å². The van der Waals surface area contributed by atoms with E-state index in [2.05, 4.69) is 10.3 Å². The Morgan fingerprint density at radius 1 is 1.24 bits per heavy atom. The molecule has 5 nitrogen and oxygen atoms in total. The largest absolute Gasteiger partial charge is 0.467 e. The summed E-state index contributed by atoms with van der Waals surface area (Å²) >= 11 is 0. The number of nitrogens with one attached hydrogen (secondary N) is 1. The van der Waals surface area contributed by atoms with Crippen LogP contribution in [-0.2, 0) is 0 Å². The van der Waals surface area contributed by atoms with E-state index < -0.39 is 6.04 Å². The number of aliphatic hydroxyl groups is 1. The number of aliphatic hydroxyl groups excluding tert-OH is 1. The fourth-order valence-electron chi connectivity index (χ4n) is 2.23. The molecule has 1 aromatic carbocycles. The molecule has 0 saturated heterocycles. The van der Waals surface area contributed by atoms with Crippen LogP contribution in [0.4, 0.5) is 0 Å². The zero-order valence-corrected chi connectivity index (χ0v) is 11.2. The van der Waals surface area contributed by atoms with Gasteiger partial charge in [-0.05, 0) is 17.5 Å². The van der Waals surface area contributed by atoms with Gasteiger partial charge in [0.25, 0.3) is 5.91 Å². The van der Waals surface area contributed by atoms with E-state index in [4.69, 9.17) is 4.42 Å². The smallest absolute Gasteiger partial charge is 0.254 e. The van der Waals surface area contributed by atoms with E-state index in [0.717, 1.165) is 10.8 Å². The maximum Gasteiger partial charge on any atom is 0.254 e. The third kappa shape index (κ3) is 2.64. The molecule has 5 heteroatoms. The average molecular weight is 282 g/mol. The van der Waals surface area contributed by atoms with Gasteiger partial charge in [0.15, 0.2) is 0 Å². The minimum Gasteiger partial charge on any atom is -0.467 e. The number of fused-ring (bicyclic) bond motifs is 1. The van der Waals surface area contributed by atoms with E-state index in [0.29, 0.717) is 11.3 Å². The van der Waals surface area contributed by atoms with Crippen molar-refractivity contribution < 1.29 is 14.3 Å². The summed E-state index contributed by atoms with van der Waals surface area (Å²) in [6, 6.07) is 10.4. The molecule has 1 atom stereocenters. The molecule has 2 N–H and O–H groups in total. The molecule has 1 unspecified atom stereocenters. The van der Waals surface area contributed by atoms with Crippen LogP contribution in [0.25, 0.3) is 10.8 Å². The maximum absolute atomic E-state index is 12.4. The Morgan fingerprint density at radius 2 is 2.10 bits per heavy atom. The quantitative estimate of drug-likeness (QED) is 0.770. The SMILES string of the molecule is O=C(NC(CO)c1ccco1)c1cncc2ccccc12. The highest BCUT2D eigenvalue weighted by molar-refractivity contribution is 6.06. The van der Waals surface area contributed by atoms with Crippen molar-refractivity contribution in [1.82, 2.24) is 10.3 Å². The molecule has 2 heterocycles. The summed E-state index contributed by atoms with van der Waals surface area (Å²) in [4.78, 5) is 16.5. The van der Waals surface area contributed by atoms with Crippen LogP contribution in [0.15, 0.2) is 59.5 Å². The number of carbonyl (C=O) groups excluding carboxylic acids is 1. The molecule has 1 amide bonds. The highest BCUT2D eigenvalue weighted by Crippen LogP contribution is 2.19. The standard InChI is InChI=1S/C16H14N2O3/c19-10-14(15-6-3-7-21-15)18-16(20)13-9-17-8-11-4-1-2-5-12(11)13/h1-9,14,19H,10H2,(H,18,20). The van der Waals surface area contributed by atoms with Crippen LogP contribution >= 0.6 is 0 Å². The van der Waals surface area contributed by atoms with Gasteiger partial charge in [0, 0.05) is 17.8 Å². The summed E-state index contributed by atoms with van der Waals surface area (Å²) < 4.78 is 5.22. The summed E-state index contributed by atoms with van der Waals surface area (Å²) in [5.74, 6) is 0.216. The van der Waals surface area contributed by atoms with Crippen LogP contribution in [0, 0.1) is 0 Å². The summed E-state index contributed by atoms with van der Waals surface area (Å²) in [6.45, 7) is -0.239. The molecule has 0 spiro atoms. The van der Waals surface area contributed by atoms with Crippen LogP contribution < -0.4 is 5.32 Å². The summed E-state index contributed by atoms with van der Waals surface area (Å²) in [5, 5.41) is 13.9. The number of amides is 1. The van der Waals surface area contributed by atoms with Gasteiger partial charge in [0.05, 0.1) is 18.4 Å². The van der Waals surface area contributed by atoms with Crippen molar-refractivity contribution in [2.45, 2.75) is 6.04 Å². The van der Waals surface area contributed by atoms with E-state index in [1.165, 1.54) is 12.5 Å². The van der Waals surface area contributed by atoms with Gasteiger partial charge in [-0.3, -0.25) is 9.78 Å². The number of carbonyl (C=O) groups is 1. The second kappa shape index (κ2) is 5.76. The molecule has 2 aromatic heterocycles. The Bertz CT molecular complexity index is 748. The Balaban J connectivity index is 1.90. The molecule has 0 aliphatic rings. The lowest BCUT2D eigenvalue weighted by Crippen LogP contribution is -2.30. The summed E-state index contributed by atoms with van der Waals surface area (Å²) in [5.41, 5.74) is 0.470. The van der Waals surface area contributed by atoms with Crippen molar-refractivity contribution in [3.05, 3.63) is 66.4 Å². The van der Waals surface area contributed by atoms with Crippen LogP contribution in [0.2, 0.25) is 0 Å². The van der Waals surface area contributed by atoms with Crippen molar-refractivity contribution in [3.8, 4) is 0 Å². The third-order valence-electron chi connectivity index (χ3n) is 3.29. The van der Waals surface area contributed by atoms with Crippen molar-refractivity contribution in [2.24, 2.45) is 0 Å². The number of aromatic nitrogens is 1. The lowest BCUT2D eigenvalue weighted by molar-refractivity contribution is 0.0908. The Labute approximate surface area is 121 Å². The number of pyridine rings is 1. The summed E-state index contributed by atoms with van der Waals surface area (Å²) in [6.07, 6.45) is 4.74. The normalized spacial score (nSPS) is 12.2. The fourth-order valence-corrected chi connectivity index (χ4v) is 2.23. The van der Waals surface area contributed by atoms with Gasteiger partial charge < -0.3 is 14.8 Å². The first-order valence-electron chi connectivity index (χ1n) is 6.57. The first kappa shape index (κ1) is 13.3. The zero-order valence-electron chi connectivity index (χ0n) is 11.2. The first-order chi connectivity index (χ1) is 10.3. The highest BCUT2D eigenvalue weighted by atomic mass is 16.3. The van der Waals surface area contributed by atoms with Crippen molar-refractivity contribution in [2.75, 3.05) is 6.61 Å². The van der Waals surface area contributed by atoms with Crippen molar-refractivity contribution in [1.29, 1.82) is 0 Å². The van der Waals surface area contributed by atoms with Gasteiger partial charge in [-0.15, -0.1) is 0 Å². The molecular formula is C16H14N2O3. The first-order valence-corrected chi connectivity index (χ1v) is 6.57. The second-order valence-electron chi connectivity index (χ2n) is 4.63. The fraction of sp³-hybridized carbons (Fsp3) is 0.125. The molecular weight excluding hydrogens is 268 g/mol. The molecule has 0 aliphatic heterocycles.